The fourth-order valence-corrected chi connectivity index (χ4v) is 1.94. The topological polar surface area (TPSA) is 64.4 Å². The van der Waals surface area contributed by atoms with Gasteiger partial charge in [0.1, 0.15) is 23.9 Å². The number of carbonyl (C=O) groups is 1. The van der Waals surface area contributed by atoms with Crippen molar-refractivity contribution in [3.63, 3.8) is 0 Å². The number of rotatable bonds is 5. The zero-order valence-electron chi connectivity index (χ0n) is 11.6. The summed E-state index contributed by atoms with van der Waals surface area (Å²) in [4.78, 5) is 14.9. The molecule has 0 aliphatic carbocycles. The van der Waals surface area contributed by atoms with Crippen LogP contribution < -0.4 is 4.74 Å². The van der Waals surface area contributed by atoms with E-state index in [0.717, 1.165) is 12.1 Å². The molecule has 0 unspecified atom stereocenters. The number of ether oxygens (including phenoxy) is 1. The second-order valence-corrected chi connectivity index (χ2v) is 4.42. The maximum atomic E-state index is 12.4. The number of benzene rings is 1. The van der Waals surface area contributed by atoms with Crippen LogP contribution in [0.2, 0.25) is 0 Å². The second-order valence-electron chi connectivity index (χ2n) is 4.42. The first-order chi connectivity index (χ1) is 10.3. The van der Waals surface area contributed by atoms with E-state index in [-0.39, 0.29) is 18.1 Å². The average Bonchev–Trinajstić information content (AvgIpc) is 2.87. The normalized spacial score (nSPS) is 11.5. The Morgan fingerprint density at radius 2 is 1.95 bits per heavy atom. The molecule has 1 aromatic carbocycles. The van der Waals surface area contributed by atoms with Crippen LogP contribution in [-0.2, 0) is 19.3 Å². The summed E-state index contributed by atoms with van der Waals surface area (Å²) in [6.07, 6.45) is -3.18. The van der Waals surface area contributed by atoms with Crippen molar-refractivity contribution in [2.24, 2.45) is 0 Å². The molecule has 0 saturated heterocycles. The zero-order chi connectivity index (χ0) is 16.3. The van der Waals surface area contributed by atoms with E-state index in [1.165, 1.54) is 22.9 Å². The summed E-state index contributed by atoms with van der Waals surface area (Å²) < 4.78 is 44.1. The molecular weight excluding hydrogens is 301 g/mol. The van der Waals surface area contributed by atoms with Gasteiger partial charge in [-0.25, -0.2) is 9.78 Å². The molecule has 8 heteroatoms. The van der Waals surface area contributed by atoms with Crippen molar-refractivity contribution in [3.8, 4) is 5.75 Å². The third-order valence-corrected chi connectivity index (χ3v) is 3.02. The van der Waals surface area contributed by atoms with Gasteiger partial charge in [-0.05, 0) is 31.2 Å². The van der Waals surface area contributed by atoms with E-state index < -0.39 is 17.7 Å². The average molecular weight is 314 g/mol. The highest BCUT2D eigenvalue weighted by Gasteiger charge is 2.30. The van der Waals surface area contributed by atoms with Gasteiger partial charge in [0.2, 0.25) is 0 Å². The highest BCUT2D eigenvalue weighted by Crippen LogP contribution is 2.30. The van der Waals surface area contributed by atoms with Gasteiger partial charge in [0.05, 0.1) is 11.8 Å². The van der Waals surface area contributed by atoms with Crippen LogP contribution in [0.25, 0.3) is 0 Å². The van der Waals surface area contributed by atoms with Gasteiger partial charge in [0.15, 0.2) is 0 Å². The van der Waals surface area contributed by atoms with E-state index >= 15 is 0 Å². The third kappa shape index (κ3) is 3.38. The summed E-state index contributed by atoms with van der Waals surface area (Å²) in [6.45, 7) is 2.12. The van der Waals surface area contributed by atoms with Crippen molar-refractivity contribution in [1.82, 2.24) is 9.55 Å². The van der Waals surface area contributed by atoms with Gasteiger partial charge in [-0.15, -0.1) is 0 Å². The van der Waals surface area contributed by atoms with Gasteiger partial charge in [-0.2, -0.15) is 13.2 Å². The molecule has 0 spiro atoms. The van der Waals surface area contributed by atoms with Crippen molar-refractivity contribution >= 4 is 5.97 Å². The summed E-state index contributed by atoms with van der Waals surface area (Å²) in [5.41, 5.74) is -0.725. The van der Waals surface area contributed by atoms with Gasteiger partial charge < -0.3 is 14.4 Å². The zero-order valence-corrected chi connectivity index (χ0v) is 11.6. The number of halogens is 3. The highest BCUT2D eigenvalue weighted by atomic mass is 19.4. The lowest BCUT2D eigenvalue weighted by Crippen LogP contribution is -2.12. The Balaban J connectivity index is 2.09. The van der Waals surface area contributed by atoms with E-state index in [1.54, 1.807) is 6.92 Å². The van der Waals surface area contributed by atoms with Crippen LogP contribution in [0.3, 0.4) is 0 Å². The Morgan fingerprint density at radius 1 is 1.32 bits per heavy atom. The van der Waals surface area contributed by atoms with E-state index in [1.807, 2.05) is 0 Å². The Morgan fingerprint density at radius 3 is 2.45 bits per heavy atom. The summed E-state index contributed by atoms with van der Waals surface area (Å²) >= 11 is 0. The first-order valence-corrected chi connectivity index (χ1v) is 6.40. The maximum Gasteiger partial charge on any atom is 0.416 e. The molecular formula is C14H13F3N2O3. The fraction of sp³-hybridized carbons (Fsp3) is 0.286. The number of aromatic carboxylic acids is 1. The molecule has 0 bridgehead atoms. The van der Waals surface area contributed by atoms with E-state index in [9.17, 15) is 18.0 Å². The molecule has 0 aliphatic rings. The molecule has 118 valence electrons. The van der Waals surface area contributed by atoms with Crippen molar-refractivity contribution in [2.75, 3.05) is 0 Å². The third-order valence-electron chi connectivity index (χ3n) is 3.02. The minimum absolute atomic E-state index is 0.0352. The predicted molar refractivity (Wildman–Crippen MR) is 70.6 cm³/mol. The molecule has 0 radical (unpaired) electrons. The van der Waals surface area contributed by atoms with Crippen molar-refractivity contribution in [3.05, 3.63) is 47.5 Å². The maximum absolute atomic E-state index is 12.4. The van der Waals surface area contributed by atoms with E-state index in [2.05, 4.69) is 4.98 Å². The lowest BCUT2D eigenvalue weighted by atomic mass is 10.2. The van der Waals surface area contributed by atoms with Crippen LogP contribution in [0.5, 0.6) is 5.75 Å². The first-order valence-electron chi connectivity index (χ1n) is 6.40. The van der Waals surface area contributed by atoms with Crippen molar-refractivity contribution < 1.29 is 27.8 Å². The summed E-state index contributed by atoms with van der Waals surface area (Å²) in [6, 6.07) is 4.26. The Kier molecular flexibility index (Phi) is 4.39. The molecule has 5 nitrogen and oxygen atoms in total. The quantitative estimate of drug-likeness (QED) is 0.920. The molecule has 0 fully saturated rings. The van der Waals surface area contributed by atoms with Crippen LogP contribution in [0.4, 0.5) is 13.2 Å². The van der Waals surface area contributed by atoms with Gasteiger partial charge >= 0.3 is 12.1 Å². The first kappa shape index (κ1) is 15.9. The molecule has 2 rings (SSSR count). The van der Waals surface area contributed by atoms with Crippen LogP contribution in [-0.4, -0.2) is 20.6 Å². The van der Waals surface area contributed by atoms with Gasteiger partial charge in [0.25, 0.3) is 0 Å². The SMILES string of the molecule is CCn1c(C(=O)O)cnc1COc1ccc(C(F)(F)F)cc1. The fourth-order valence-electron chi connectivity index (χ4n) is 1.94. The van der Waals surface area contributed by atoms with Crippen molar-refractivity contribution in [1.29, 1.82) is 0 Å². The van der Waals surface area contributed by atoms with Gasteiger partial charge in [-0.1, -0.05) is 0 Å². The molecule has 2 aromatic rings. The van der Waals surface area contributed by atoms with Gasteiger partial charge in [0, 0.05) is 6.54 Å². The largest absolute Gasteiger partial charge is 0.486 e. The summed E-state index contributed by atoms with van der Waals surface area (Å²) in [5.74, 6) is -0.467. The molecule has 1 heterocycles. The molecule has 1 N–H and O–H groups in total. The second kappa shape index (κ2) is 6.08. The number of carboxylic acids is 1. The molecule has 0 atom stereocenters. The number of nitrogens with zero attached hydrogens (tertiary/aromatic N) is 2. The number of aromatic nitrogens is 2. The number of imidazole rings is 1. The smallest absolute Gasteiger partial charge is 0.416 e. The molecule has 1 aromatic heterocycles. The number of hydrogen-bond donors (Lipinski definition) is 1. The lowest BCUT2D eigenvalue weighted by Gasteiger charge is -2.10. The lowest BCUT2D eigenvalue weighted by molar-refractivity contribution is -0.137. The monoisotopic (exact) mass is 314 g/mol. The Hall–Kier alpha value is -2.51. The number of carboxylic acid groups (broad SMARTS) is 1. The standard InChI is InChI=1S/C14H13F3N2O3/c1-2-19-11(13(20)21)7-18-12(19)8-22-10-5-3-9(4-6-10)14(15,16)17/h3-7H,2,8H2,1H3,(H,20,21). The predicted octanol–water partition coefficient (Wildman–Crippen LogP) is 3.20. The van der Waals surface area contributed by atoms with Gasteiger partial charge in [-0.3, -0.25) is 0 Å². The Bertz CT molecular complexity index is 663. The molecule has 0 aliphatic heterocycles. The van der Waals surface area contributed by atoms with Crippen LogP contribution in [0, 0.1) is 0 Å². The Labute approximate surface area is 124 Å². The molecule has 0 saturated carbocycles. The van der Waals surface area contributed by atoms with Crippen LogP contribution in [0.15, 0.2) is 30.5 Å². The van der Waals surface area contributed by atoms with E-state index in [4.69, 9.17) is 9.84 Å². The molecule has 0 amide bonds. The summed E-state index contributed by atoms with van der Waals surface area (Å²) in [5, 5.41) is 8.99. The van der Waals surface area contributed by atoms with Crippen LogP contribution in [0.1, 0.15) is 28.8 Å². The molecule has 22 heavy (non-hydrogen) atoms. The van der Waals surface area contributed by atoms with Crippen LogP contribution >= 0.6 is 0 Å². The number of alkyl halides is 3. The minimum Gasteiger partial charge on any atom is -0.486 e. The summed E-state index contributed by atoms with van der Waals surface area (Å²) in [7, 11) is 0. The van der Waals surface area contributed by atoms with Crippen molar-refractivity contribution in [2.45, 2.75) is 26.3 Å². The van der Waals surface area contributed by atoms with E-state index in [0.29, 0.717) is 12.4 Å². The number of hydrogen-bond acceptors (Lipinski definition) is 3. The highest BCUT2D eigenvalue weighted by molar-refractivity contribution is 5.85. The minimum atomic E-state index is -4.40.